The molecule has 1 aromatic heterocycles. The number of rotatable bonds is 3. The SMILES string of the molecule is CC(C)CC(n1ccc2c(O)cccc21)C(C)(C)C. The molecule has 0 aliphatic heterocycles. The molecule has 0 bridgehead atoms. The van der Waals surface area contributed by atoms with Crippen LogP contribution in [0, 0.1) is 11.3 Å². The van der Waals surface area contributed by atoms with Crippen molar-refractivity contribution in [1.29, 1.82) is 0 Å². The maximum absolute atomic E-state index is 9.94. The monoisotopic (exact) mass is 259 g/mol. The molecule has 0 saturated carbocycles. The van der Waals surface area contributed by atoms with Crippen LogP contribution in [0.1, 0.15) is 47.1 Å². The lowest BCUT2D eigenvalue weighted by molar-refractivity contribution is 0.213. The van der Waals surface area contributed by atoms with E-state index in [0.717, 1.165) is 17.3 Å². The summed E-state index contributed by atoms with van der Waals surface area (Å²) < 4.78 is 2.33. The van der Waals surface area contributed by atoms with Crippen LogP contribution in [0.3, 0.4) is 0 Å². The van der Waals surface area contributed by atoms with Crippen LogP contribution in [0.2, 0.25) is 0 Å². The fourth-order valence-corrected chi connectivity index (χ4v) is 2.77. The van der Waals surface area contributed by atoms with Gasteiger partial charge in [0.05, 0.1) is 5.52 Å². The minimum Gasteiger partial charge on any atom is -0.507 e. The molecular formula is C17H25NO. The van der Waals surface area contributed by atoms with Crippen molar-refractivity contribution in [1.82, 2.24) is 4.57 Å². The second-order valence-corrected chi connectivity index (χ2v) is 6.94. The Morgan fingerprint density at radius 2 is 1.84 bits per heavy atom. The highest BCUT2D eigenvalue weighted by atomic mass is 16.3. The van der Waals surface area contributed by atoms with Crippen molar-refractivity contribution in [3.8, 4) is 5.75 Å². The van der Waals surface area contributed by atoms with Gasteiger partial charge in [0, 0.05) is 17.6 Å². The highest BCUT2D eigenvalue weighted by molar-refractivity contribution is 5.86. The molecule has 0 spiro atoms. The van der Waals surface area contributed by atoms with Crippen molar-refractivity contribution in [3.05, 3.63) is 30.5 Å². The Bertz CT molecular complexity index is 560. The van der Waals surface area contributed by atoms with Gasteiger partial charge >= 0.3 is 0 Å². The van der Waals surface area contributed by atoms with Gasteiger partial charge in [-0.3, -0.25) is 0 Å². The molecule has 104 valence electrons. The molecule has 2 rings (SSSR count). The zero-order valence-corrected chi connectivity index (χ0v) is 12.6. The van der Waals surface area contributed by atoms with Gasteiger partial charge in [0.25, 0.3) is 0 Å². The average Bonchev–Trinajstić information content (AvgIpc) is 2.69. The molecule has 1 unspecified atom stereocenters. The lowest BCUT2D eigenvalue weighted by Gasteiger charge is -2.34. The minimum absolute atomic E-state index is 0.196. The molecule has 2 aromatic rings. The predicted octanol–water partition coefficient (Wildman–Crippen LogP) is 4.98. The maximum Gasteiger partial charge on any atom is 0.124 e. The topological polar surface area (TPSA) is 25.2 Å². The van der Waals surface area contributed by atoms with E-state index < -0.39 is 0 Å². The predicted molar refractivity (Wildman–Crippen MR) is 81.5 cm³/mol. The summed E-state index contributed by atoms with van der Waals surface area (Å²) in [4.78, 5) is 0. The van der Waals surface area contributed by atoms with Gasteiger partial charge in [-0.05, 0) is 36.0 Å². The molecule has 0 radical (unpaired) electrons. The number of hydrogen-bond donors (Lipinski definition) is 1. The van der Waals surface area contributed by atoms with E-state index in [1.807, 2.05) is 12.1 Å². The Labute approximate surface area is 116 Å². The van der Waals surface area contributed by atoms with Gasteiger partial charge in [0.15, 0.2) is 0 Å². The zero-order valence-electron chi connectivity index (χ0n) is 12.6. The van der Waals surface area contributed by atoms with E-state index in [9.17, 15) is 5.11 Å². The van der Waals surface area contributed by atoms with Crippen molar-refractivity contribution in [2.75, 3.05) is 0 Å². The van der Waals surface area contributed by atoms with Crippen molar-refractivity contribution in [3.63, 3.8) is 0 Å². The van der Waals surface area contributed by atoms with E-state index in [2.05, 4.69) is 51.4 Å². The first-order chi connectivity index (χ1) is 8.80. The van der Waals surface area contributed by atoms with Crippen LogP contribution in [0.25, 0.3) is 10.9 Å². The van der Waals surface area contributed by atoms with E-state index in [0.29, 0.717) is 17.7 Å². The third-order valence-electron chi connectivity index (χ3n) is 3.77. The van der Waals surface area contributed by atoms with Gasteiger partial charge in [0.1, 0.15) is 5.75 Å². The fraction of sp³-hybridized carbons (Fsp3) is 0.529. The molecule has 0 saturated heterocycles. The van der Waals surface area contributed by atoms with Crippen molar-refractivity contribution < 1.29 is 5.11 Å². The zero-order chi connectivity index (χ0) is 14.2. The van der Waals surface area contributed by atoms with Gasteiger partial charge < -0.3 is 9.67 Å². The third kappa shape index (κ3) is 2.78. The summed E-state index contributed by atoms with van der Waals surface area (Å²) in [5.74, 6) is 1.02. The summed E-state index contributed by atoms with van der Waals surface area (Å²) >= 11 is 0. The summed E-state index contributed by atoms with van der Waals surface area (Å²) in [7, 11) is 0. The number of phenols is 1. The summed E-state index contributed by atoms with van der Waals surface area (Å²) in [5, 5.41) is 10.9. The summed E-state index contributed by atoms with van der Waals surface area (Å²) in [6, 6.07) is 8.22. The lowest BCUT2D eigenvalue weighted by atomic mass is 9.81. The highest BCUT2D eigenvalue weighted by Gasteiger charge is 2.27. The number of nitrogens with zero attached hydrogens (tertiary/aromatic N) is 1. The van der Waals surface area contributed by atoms with Crippen LogP contribution in [-0.2, 0) is 0 Å². The smallest absolute Gasteiger partial charge is 0.124 e. The normalized spacial score (nSPS) is 14.2. The second-order valence-electron chi connectivity index (χ2n) is 6.94. The Balaban J connectivity index is 2.54. The number of phenolic OH excluding ortho intramolecular Hbond substituents is 1. The van der Waals surface area contributed by atoms with Gasteiger partial charge in [-0.15, -0.1) is 0 Å². The van der Waals surface area contributed by atoms with Crippen LogP contribution < -0.4 is 0 Å². The first-order valence-corrected chi connectivity index (χ1v) is 7.09. The molecule has 2 nitrogen and oxygen atoms in total. The number of fused-ring (bicyclic) bond motifs is 1. The van der Waals surface area contributed by atoms with Crippen molar-refractivity contribution >= 4 is 10.9 Å². The summed E-state index contributed by atoms with van der Waals surface area (Å²) in [6.45, 7) is 11.4. The first kappa shape index (κ1) is 14.0. The minimum atomic E-state index is 0.196. The van der Waals surface area contributed by atoms with E-state index in [1.165, 1.54) is 0 Å². The lowest BCUT2D eigenvalue weighted by Crippen LogP contribution is -2.25. The quantitative estimate of drug-likeness (QED) is 0.826. The molecule has 2 heteroatoms. The number of hydrogen-bond acceptors (Lipinski definition) is 1. The molecule has 1 heterocycles. The molecular weight excluding hydrogens is 234 g/mol. The Morgan fingerprint density at radius 1 is 1.16 bits per heavy atom. The highest BCUT2D eigenvalue weighted by Crippen LogP contribution is 2.39. The number of aromatic hydroxyl groups is 1. The van der Waals surface area contributed by atoms with Crippen LogP contribution >= 0.6 is 0 Å². The molecule has 0 aliphatic rings. The number of aromatic nitrogens is 1. The van der Waals surface area contributed by atoms with E-state index >= 15 is 0 Å². The summed E-state index contributed by atoms with van der Waals surface area (Å²) in [5.41, 5.74) is 1.32. The average molecular weight is 259 g/mol. The van der Waals surface area contributed by atoms with E-state index in [1.54, 1.807) is 6.07 Å². The molecule has 1 aromatic carbocycles. The molecule has 19 heavy (non-hydrogen) atoms. The molecule has 0 amide bonds. The Morgan fingerprint density at radius 3 is 2.42 bits per heavy atom. The van der Waals surface area contributed by atoms with Crippen LogP contribution in [-0.4, -0.2) is 9.67 Å². The molecule has 0 fully saturated rings. The maximum atomic E-state index is 9.94. The fourth-order valence-electron chi connectivity index (χ4n) is 2.77. The largest absolute Gasteiger partial charge is 0.507 e. The standard InChI is InChI=1S/C17H25NO/c1-12(2)11-16(17(3,4)5)18-10-9-13-14(18)7-6-8-15(13)19/h6-10,12,16,19H,11H2,1-5H3. The Hall–Kier alpha value is -1.44. The van der Waals surface area contributed by atoms with Crippen LogP contribution in [0.5, 0.6) is 5.75 Å². The molecule has 1 N–H and O–H groups in total. The van der Waals surface area contributed by atoms with Gasteiger partial charge in [-0.25, -0.2) is 0 Å². The van der Waals surface area contributed by atoms with Crippen molar-refractivity contribution in [2.45, 2.75) is 47.1 Å². The summed E-state index contributed by atoms with van der Waals surface area (Å²) in [6.07, 6.45) is 3.26. The van der Waals surface area contributed by atoms with Gasteiger partial charge in [-0.1, -0.05) is 40.7 Å². The van der Waals surface area contributed by atoms with Gasteiger partial charge in [-0.2, -0.15) is 0 Å². The van der Waals surface area contributed by atoms with E-state index in [4.69, 9.17) is 0 Å². The second kappa shape index (κ2) is 4.92. The van der Waals surface area contributed by atoms with Gasteiger partial charge in [0.2, 0.25) is 0 Å². The molecule has 0 aliphatic carbocycles. The first-order valence-electron chi connectivity index (χ1n) is 7.09. The Kier molecular flexibility index (Phi) is 3.62. The van der Waals surface area contributed by atoms with Crippen LogP contribution in [0.4, 0.5) is 0 Å². The third-order valence-corrected chi connectivity index (χ3v) is 3.77. The van der Waals surface area contributed by atoms with Crippen LogP contribution in [0.15, 0.2) is 30.5 Å². The van der Waals surface area contributed by atoms with E-state index in [-0.39, 0.29) is 5.41 Å². The van der Waals surface area contributed by atoms with Crippen molar-refractivity contribution in [2.24, 2.45) is 11.3 Å². The molecule has 1 atom stereocenters. The number of benzene rings is 1.